The maximum absolute atomic E-state index is 13.5. The van der Waals surface area contributed by atoms with Gasteiger partial charge in [0, 0.05) is 65.7 Å². The molecule has 2 aromatic rings. The van der Waals surface area contributed by atoms with Crippen LogP contribution in [0.1, 0.15) is 88.1 Å². The summed E-state index contributed by atoms with van der Waals surface area (Å²) in [5.74, 6) is 0.872. The Morgan fingerprint density at radius 1 is 1.00 bits per heavy atom. The fraction of sp³-hybridized carbons (Fsp3) is 0.600. The Bertz CT molecular complexity index is 1470. The zero-order chi connectivity index (χ0) is 33.3. The molecule has 250 valence electrons. The Kier molecular flexibility index (Phi) is 11.1. The number of aromatic nitrogens is 1. The number of pyridine rings is 1. The van der Waals surface area contributed by atoms with Crippen LogP contribution in [0.4, 0.5) is 4.79 Å². The van der Waals surface area contributed by atoms with Gasteiger partial charge in [-0.2, -0.15) is 0 Å². The molecule has 1 aliphatic carbocycles. The predicted molar refractivity (Wildman–Crippen MR) is 187 cm³/mol. The van der Waals surface area contributed by atoms with Crippen molar-refractivity contribution in [1.82, 2.24) is 19.7 Å². The number of rotatable bonds is 5. The zero-order valence-electron chi connectivity index (χ0n) is 27.5. The minimum atomic E-state index is -0.624. The second-order valence-corrected chi connectivity index (χ2v) is 16.3. The van der Waals surface area contributed by atoms with Gasteiger partial charge in [0.2, 0.25) is 11.8 Å². The summed E-state index contributed by atoms with van der Waals surface area (Å²) >= 11 is 13.9. The highest BCUT2D eigenvalue weighted by atomic mass is 79.9. The number of likely N-dealkylation sites (N-methyl/N-ethyl adjacent to an activating group) is 1. The highest BCUT2D eigenvalue weighted by Gasteiger charge is 2.37. The van der Waals surface area contributed by atoms with Crippen LogP contribution < -0.4 is 0 Å². The van der Waals surface area contributed by atoms with Crippen LogP contribution in [0.2, 0.25) is 5.02 Å². The van der Waals surface area contributed by atoms with E-state index >= 15 is 0 Å². The zero-order valence-corrected chi connectivity index (χ0v) is 31.4. The Labute approximate surface area is 294 Å². The standard InChI is InChI=1S/C35H45Br2ClN4O4/c1-21(40(5)34(45)46-35(2,3)4)33(44)42-12-8-22(9-13-42)16-29(43)41-14-10-23(11-15-41)31-30-24(18-27(38)19-28(30)37)6-7-25-17-26(36)20-39-32(25)31/h17-23,31H,6-16H2,1-5H3/t21?,31-/m1/s1. The van der Waals surface area contributed by atoms with Gasteiger partial charge in [0.05, 0.1) is 5.69 Å². The maximum Gasteiger partial charge on any atom is 0.410 e. The van der Waals surface area contributed by atoms with Gasteiger partial charge >= 0.3 is 6.09 Å². The van der Waals surface area contributed by atoms with E-state index in [1.165, 1.54) is 21.6 Å². The first-order chi connectivity index (χ1) is 21.7. The maximum atomic E-state index is 13.5. The van der Waals surface area contributed by atoms with E-state index in [1.807, 2.05) is 42.8 Å². The molecule has 0 spiro atoms. The topological polar surface area (TPSA) is 83.1 Å². The van der Waals surface area contributed by atoms with E-state index in [0.717, 1.165) is 71.3 Å². The lowest BCUT2D eigenvalue weighted by atomic mass is 9.76. The monoisotopic (exact) mass is 778 g/mol. The summed E-state index contributed by atoms with van der Waals surface area (Å²) in [7, 11) is 1.60. The molecular formula is C35H45Br2ClN4O4. The normalized spacial score (nSPS) is 20.0. The summed E-state index contributed by atoms with van der Waals surface area (Å²) < 4.78 is 7.46. The number of nitrogens with zero attached hydrogens (tertiary/aromatic N) is 4. The van der Waals surface area contributed by atoms with Gasteiger partial charge in [0.25, 0.3) is 0 Å². The molecule has 0 saturated carbocycles. The van der Waals surface area contributed by atoms with E-state index < -0.39 is 17.7 Å². The number of piperidine rings is 2. The number of carbonyl (C=O) groups excluding carboxylic acids is 3. The van der Waals surface area contributed by atoms with Crippen molar-refractivity contribution in [2.75, 3.05) is 33.2 Å². The first kappa shape index (κ1) is 35.1. The molecule has 0 radical (unpaired) electrons. The van der Waals surface area contributed by atoms with Crippen LogP contribution in [0.25, 0.3) is 0 Å². The lowest BCUT2D eigenvalue weighted by Gasteiger charge is -2.38. The van der Waals surface area contributed by atoms with Crippen molar-refractivity contribution in [3.63, 3.8) is 0 Å². The van der Waals surface area contributed by atoms with Crippen LogP contribution in [0.5, 0.6) is 0 Å². The molecule has 0 N–H and O–H groups in total. The van der Waals surface area contributed by atoms with E-state index in [1.54, 1.807) is 14.0 Å². The Morgan fingerprint density at radius 2 is 1.63 bits per heavy atom. The number of halogens is 3. The molecule has 5 rings (SSSR count). The highest BCUT2D eigenvalue weighted by Crippen LogP contribution is 2.46. The molecule has 11 heteroatoms. The second-order valence-electron chi connectivity index (χ2n) is 14.1. The van der Waals surface area contributed by atoms with Crippen molar-refractivity contribution in [2.24, 2.45) is 11.8 Å². The van der Waals surface area contributed by atoms with Gasteiger partial charge in [-0.1, -0.05) is 27.5 Å². The third-order valence-corrected chi connectivity index (χ3v) is 11.1. The van der Waals surface area contributed by atoms with Gasteiger partial charge in [-0.3, -0.25) is 19.5 Å². The molecule has 2 aliphatic heterocycles. The summed E-state index contributed by atoms with van der Waals surface area (Å²) in [4.78, 5) is 49.3. The first-order valence-corrected chi connectivity index (χ1v) is 18.3. The number of fused-ring (bicyclic) bond motifs is 2. The third kappa shape index (κ3) is 8.09. The summed E-state index contributed by atoms with van der Waals surface area (Å²) in [6, 6.07) is 5.69. The molecule has 0 bridgehead atoms. The Morgan fingerprint density at radius 3 is 2.28 bits per heavy atom. The van der Waals surface area contributed by atoms with E-state index in [0.29, 0.717) is 25.4 Å². The molecule has 3 aliphatic rings. The van der Waals surface area contributed by atoms with Gasteiger partial charge < -0.3 is 14.5 Å². The number of hydrogen-bond acceptors (Lipinski definition) is 5. The van der Waals surface area contributed by atoms with Gasteiger partial charge in [-0.25, -0.2) is 4.79 Å². The fourth-order valence-electron chi connectivity index (χ4n) is 7.17. The molecule has 8 nitrogen and oxygen atoms in total. The average molecular weight is 781 g/mol. The van der Waals surface area contributed by atoms with Gasteiger partial charge in [-0.05, 0) is 129 Å². The van der Waals surface area contributed by atoms with Crippen LogP contribution in [-0.2, 0) is 27.2 Å². The number of ether oxygens (including phenoxy) is 1. The number of carbonyl (C=O) groups is 3. The Hall–Kier alpha value is -2.17. The minimum absolute atomic E-state index is 0.0855. The van der Waals surface area contributed by atoms with Crippen LogP contribution in [0.15, 0.2) is 33.3 Å². The summed E-state index contributed by atoms with van der Waals surface area (Å²) in [6.45, 7) is 9.81. The number of benzene rings is 1. The van der Waals surface area contributed by atoms with Crippen molar-refractivity contribution in [1.29, 1.82) is 0 Å². The van der Waals surface area contributed by atoms with Crippen molar-refractivity contribution in [2.45, 2.75) is 90.2 Å². The second kappa shape index (κ2) is 14.5. The van der Waals surface area contributed by atoms with Crippen LogP contribution >= 0.6 is 43.5 Å². The van der Waals surface area contributed by atoms with E-state index in [4.69, 9.17) is 21.3 Å². The van der Waals surface area contributed by atoms with Gasteiger partial charge in [0.1, 0.15) is 11.6 Å². The van der Waals surface area contributed by atoms with Crippen LogP contribution in [0, 0.1) is 11.8 Å². The first-order valence-electron chi connectivity index (χ1n) is 16.4. The number of aryl methyl sites for hydroxylation is 2. The SMILES string of the molecule is CC(C(=O)N1CCC(CC(=O)N2CCC([C@H]3c4ncc(Br)cc4CCc4cc(Cl)cc(Br)c43)CC2)CC1)N(C)C(=O)OC(C)(C)C. The summed E-state index contributed by atoms with van der Waals surface area (Å²) in [5, 5.41) is 0.739. The number of hydrogen-bond donors (Lipinski definition) is 0. The van der Waals surface area contributed by atoms with Crippen LogP contribution in [-0.4, -0.2) is 82.5 Å². The lowest BCUT2D eigenvalue weighted by molar-refractivity contribution is -0.138. The smallest absolute Gasteiger partial charge is 0.410 e. The molecule has 46 heavy (non-hydrogen) atoms. The third-order valence-electron chi connectivity index (χ3n) is 9.79. The molecule has 2 fully saturated rings. The summed E-state index contributed by atoms with van der Waals surface area (Å²) in [5.41, 5.74) is 4.35. The van der Waals surface area contributed by atoms with Crippen molar-refractivity contribution in [3.05, 3.63) is 60.7 Å². The molecule has 3 heterocycles. The minimum Gasteiger partial charge on any atom is -0.444 e. The predicted octanol–water partition coefficient (Wildman–Crippen LogP) is 7.61. The lowest BCUT2D eigenvalue weighted by Crippen LogP contribution is -2.51. The van der Waals surface area contributed by atoms with Crippen molar-refractivity contribution >= 4 is 61.4 Å². The molecule has 1 aromatic heterocycles. The fourth-order valence-corrected chi connectivity index (χ4v) is 8.67. The molecule has 1 aromatic carbocycles. The van der Waals surface area contributed by atoms with E-state index in [2.05, 4.69) is 44.0 Å². The molecule has 2 atom stereocenters. The molecular weight excluding hydrogens is 736 g/mol. The Balaban J connectivity index is 1.16. The number of likely N-dealkylation sites (tertiary alicyclic amines) is 2. The quantitative estimate of drug-likeness (QED) is 0.312. The highest BCUT2D eigenvalue weighted by molar-refractivity contribution is 9.10. The summed E-state index contributed by atoms with van der Waals surface area (Å²) in [6.07, 6.45) is 7.13. The van der Waals surface area contributed by atoms with Gasteiger partial charge in [0.15, 0.2) is 0 Å². The molecule has 1 unspecified atom stereocenters. The average Bonchev–Trinajstić information content (AvgIpc) is 3.16. The number of amides is 3. The van der Waals surface area contributed by atoms with E-state index in [-0.39, 0.29) is 23.7 Å². The van der Waals surface area contributed by atoms with E-state index in [9.17, 15) is 14.4 Å². The van der Waals surface area contributed by atoms with Crippen LogP contribution in [0.3, 0.4) is 0 Å². The molecule has 3 amide bonds. The van der Waals surface area contributed by atoms with Gasteiger partial charge in [-0.15, -0.1) is 0 Å². The van der Waals surface area contributed by atoms with Crippen molar-refractivity contribution < 1.29 is 19.1 Å². The largest absolute Gasteiger partial charge is 0.444 e. The van der Waals surface area contributed by atoms with Crippen molar-refractivity contribution in [3.8, 4) is 0 Å². The molecule has 2 saturated heterocycles.